The molecule has 0 aromatic carbocycles. The van der Waals surface area contributed by atoms with E-state index < -0.39 is 0 Å². The standard InChI is InChI=1S/C16H35NS/c1-5-7-8-9-10-11-12-13-16(17-6-2)14-18-15(3)4/h15-17H,5-14H2,1-4H3. The summed E-state index contributed by atoms with van der Waals surface area (Å²) in [5.74, 6) is 1.28. The van der Waals surface area contributed by atoms with E-state index in [-0.39, 0.29) is 0 Å². The van der Waals surface area contributed by atoms with Crippen LogP contribution in [-0.2, 0) is 0 Å². The lowest BCUT2D eigenvalue weighted by atomic mass is 10.1. The highest BCUT2D eigenvalue weighted by Gasteiger charge is 2.08. The summed E-state index contributed by atoms with van der Waals surface area (Å²) in [6.07, 6.45) is 11.3. The molecule has 1 atom stereocenters. The minimum Gasteiger partial charge on any atom is -0.313 e. The van der Waals surface area contributed by atoms with Crippen molar-refractivity contribution < 1.29 is 0 Å². The van der Waals surface area contributed by atoms with Gasteiger partial charge in [-0.3, -0.25) is 0 Å². The van der Waals surface area contributed by atoms with Gasteiger partial charge in [-0.25, -0.2) is 0 Å². The Bertz CT molecular complexity index is 159. The lowest BCUT2D eigenvalue weighted by Crippen LogP contribution is -2.31. The number of thioether (sulfide) groups is 1. The van der Waals surface area contributed by atoms with E-state index in [0.29, 0.717) is 0 Å². The fourth-order valence-electron chi connectivity index (χ4n) is 2.19. The zero-order chi connectivity index (χ0) is 13.6. The molecular weight excluding hydrogens is 238 g/mol. The summed E-state index contributed by atoms with van der Waals surface area (Å²) in [5, 5.41) is 4.39. The zero-order valence-electron chi connectivity index (χ0n) is 13.1. The van der Waals surface area contributed by atoms with E-state index in [2.05, 4.69) is 44.8 Å². The SMILES string of the molecule is CCCCCCCCCC(CSC(C)C)NCC. The summed E-state index contributed by atoms with van der Waals surface area (Å²) >= 11 is 2.09. The van der Waals surface area contributed by atoms with Crippen molar-refractivity contribution in [2.75, 3.05) is 12.3 Å². The van der Waals surface area contributed by atoms with Crippen LogP contribution < -0.4 is 5.32 Å². The van der Waals surface area contributed by atoms with Gasteiger partial charge in [-0.1, -0.05) is 72.6 Å². The maximum absolute atomic E-state index is 3.63. The van der Waals surface area contributed by atoms with Crippen molar-refractivity contribution in [2.45, 2.75) is 90.4 Å². The van der Waals surface area contributed by atoms with E-state index in [1.54, 1.807) is 0 Å². The molecule has 0 aromatic rings. The van der Waals surface area contributed by atoms with Crippen molar-refractivity contribution in [1.82, 2.24) is 5.32 Å². The Labute approximate surface area is 120 Å². The molecule has 0 heterocycles. The van der Waals surface area contributed by atoms with Crippen molar-refractivity contribution in [2.24, 2.45) is 0 Å². The van der Waals surface area contributed by atoms with Crippen molar-refractivity contribution in [1.29, 1.82) is 0 Å². The number of nitrogens with one attached hydrogen (secondary N) is 1. The van der Waals surface area contributed by atoms with Crippen molar-refractivity contribution >= 4 is 11.8 Å². The third kappa shape index (κ3) is 12.8. The van der Waals surface area contributed by atoms with Crippen LogP contribution in [0.2, 0.25) is 0 Å². The van der Waals surface area contributed by atoms with E-state index in [9.17, 15) is 0 Å². The quantitative estimate of drug-likeness (QED) is 0.460. The molecule has 0 radical (unpaired) electrons. The van der Waals surface area contributed by atoms with Gasteiger partial charge < -0.3 is 5.32 Å². The molecule has 2 heteroatoms. The molecule has 18 heavy (non-hydrogen) atoms. The molecule has 1 nitrogen and oxygen atoms in total. The second-order valence-electron chi connectivity index (χ2n) is 5.55. The Kier molecular flexibility index (Phi) is 14.0. The van der Waals surface area contributed by atoms with Crippen LogP contribution in [0.4, 0.5) is 0 Å². The lowest BCUT2D eigenvalue weighted by Gasteiger charge is -2.18. The van der Waals surface area contributed by atoms with Crippen LogP contribution in [0, 0.1) is 0 Å². The molecule has 0 aliphatic carbocycles. The van der Waals surface area contributed by atoms with Gasteiger partial charge in [0.2, 0.25) is 0 Å². The molecule has 1 N–H and O–H groups in total. The second-order valence-corrected chi connectivity index (χ2v) is 7.16. The van der Waals surface area contributed by atoms with E-state index in [4.69, 9.17) is 0 Å². The van der Waals surface area contributed by atoms with Gasteiger partial charge in [0.25, 0.3) is 0 Å². The minimum atomic E-state index is 0.734. The molecule has 0 aliphatic rings. The van der Waals surface area contributed by atoms with E-state index in [0.717, 1.165) is 17.8 Å². The Morgan fingerprint density at radius 2 is 1.50 bits per heavy atom. The van der Waals surface area contributed by atoms with Crippen LogP contribution in [0.5, 0.6) is 0 Å². The molecule has 1 unspecified atom stereocenters. The Morgan fingerprint density at radius 3 is 2.06 bits per heavy atom. The molecular formula is C16H35NS. The van der Waals surface area contributed by atoms with Gasteiger partial charge in [-0.15, -0.1) is 0 Å². The maximum atomic E-state index is 3.63. The minimum absolute atomic E-state index is 0.734. The predicted molar refractivity (Wildman–Crippen MR) is 87.7 cm³/mol. The molecule has 0 fully saturated rings. The molecule has 0 saturated carbocycles. The summed E-state index contributed by atoms with van der Waals surface area (Å²) in [6.45, 7) is 10.2. The largest absolute Gasteiger partial charge is 0.313 e. The van der Waals surface area contributed by atoms with Crippen LogP contribution in [0.1, 0.15) is 79.1 Å². The van der Waals surface area contributed by atoms with Crippen LogP contribution in [0.15, 0.2) is 0 Å². The fraction of sp³-hybridized carbons (Fsp3) is 1.00. The van der Waals surface area contributed by atoms with Crippen molar-refractivity contribution in [3.05, 3.63) is 0 Å². The first-order valence-corrected chi connectivity index (χ1v) is 9.10. The van der Waals surface area contributed by atoms with Gasteiger partial charge >= 0.3 is 0 Å². The van der Waals surface area contributed by atoms with E-state index >= 15 is 0 Å². The molecule has 0 rings (SSSR count). The zero-order valence-corrected chi connectivity index (χ0v) is 14.0. The molecule has 0 amide bonds. The molecule has 0 bridgehead atoms. The fourth-order valence-corrected chi connectivity index (χ4v) is 3.09. The number of hydrogen-bond donors (Lipinski definition) is 1. The average Bonchev–Trinajstić information content (AvgIpc) is 2.34. The third-order valence-corrected chi connectivity index (χ3v) is 4.54. The Hall–Kier alpha value is 0.310. The van der Waals surface area contributed by atoms with Crippen LogP contribution >= 0.6 is 11.8 Å². The van der Waals surface area contributed by atoms with Crippen molar-refractivity contribution in [3.8, 4) is 0 Å². The van der Waals surface area contributed by atoms with Gasteiger partial charge in [0.05, 0.1) is 0 Å². The summed E-state index contributed by atoms with van der Waals surface area (Å²) in [4.78, 5) is 0. The monoisotopic (exact) mass is 273 g/mol. The first-order valence-electron chi connectivity index (χ1n) is 8.05. The summed E-state index contributed by atoms with van der Waals surface area (Å²) in [6, 6.07) is 0.734. The summed E-state index contributed by atoms with van der Waals surface area (Å²) < 4.78 is 0. The molecule has 0 saturated heterocycles. The number of unbranched alkanes of at least 4 members (excludes halogenated alkanes) is 6. The number of hydrogen-bond acceptors (Lipinski definition) is 2. The van der Waals surface area contributed by atoms with Gasteiger partial charge in [0, 0.05) is 11.8 Å². The molecule has 110 valence electrons. The predicted octanol–water partition coefficient (Wildman–Crippen LogP) is 5.25. The van der Waals surface area contributed by atoms with Gasteiger partial charge in [-0.2, -0.15) is 11.8 Å². The molecule has 0 aliphatic heterocycles. The van der Waals surface area contributed by atoms with Crippen LogP contribution in [-0.4, -0.2) is 23.6 Å². The second kappa shape index (κ2) is 13.7. The Morgan fingerprint density at radius 1 is 0.889 bits per heavy atom. The third-order valence-electron chi connectivity index (χ3n) is 3.28. The first kappa shape index (κ1) is 18.3. The highest BCUT2D eigenvalue weighted by atomic mass is 32.2. The summed E-state index contributed by atoms with van der Waals surface area (Å²) in [5.41, 5.74) is 0. The van der Waals surface area contributed by atoms with Gasteiger partial charge in [0.15, 0.2) is 0 Å². The highest BCUT2D eigenvalue weighted by Crippen LogP contribution is 2.15. The maximum Gasteiger partial charge on any atom is 0.0158 e. The van der Waals surface area contributed by atoms with E-state index in [1.807, 2.05) is 0 Å². The smallest absolute Gasteiger partial charge is 0.0158 e. The molecule has 0 aromatic heterocycles. The first-order chi connectivity index (χ1) is 8.70. The number of rotatable bonds is 13. The average molecular weight is 274 g/mol. The topological polar surface area (TPSA) is 12.0 Å². The lowest BCUT2D eigenvalue weighted by molar-refractivity contribution is 0.492. The Balaban J connectivity index is 3.45. The van der Waals surface area contributed by atoms with Crippen molar-refractivity contribution in [3.63, 3.8) is 0 Å². The normalized spacial score (nSPS) is 13.2. The van der Waals surface area contributed by atoms with Gasteiger partial charge in [-0.05, 0) is 18.2 Å². The highest BCUT2D eigenvalue weighted by molar-refractivity contribution is 7.99. The van der Waals surface area contributed by atoms with Crippen LogP contribution in [0.3, 0.4) is 0 Å². The van der Waals surface area contributed by atoms with Crippen LogP contribution in [0.25, 0.3) is 0 Å². The van der Waals surface area contributed by atoms with E-state index in [1.165, 1.54) is 57.1 Å². The summed E-state index contributed by atoms with van der Waals surface area (Å²) in [7, 11) is 0. The molecule has 0 spiro atoms. The van der Waals surface area contributed by atoms with Gasteiger partial charge in [0.1, 0.15) is 0 Å².